The summed E-state index contributed by atoms with van der Waals surface area (Å²) in [4.78, 5) is 13.8. The van der Waals surface area contributed by atoms with Crippen LogP contribution in [-0.2, 0) is 19.9 Å². The van der Waals surface area contributed by atoms with Crippen molar-refractivity contribution in [1.29, 1.82) is 0 Å². The number of halogens is 4. The first-order valence-corrected chi connectivity index (χ1v) is 10.3. The van der Waals surface area contributed by atoms with Gasteiger partial charge in [0.2, 0.25) is 0 Å². The van der Waals surface area contributed by atoms with Gasteiger partial charge in [0.05, 0.1) is 10.8 Å². The molecule has 0 radical (unpaired) electrons. The SMILES string of the molecule is C/C=C/C#CC#Cc1ccc(C(CCl)OC(=O)[C@](OC)(c2ccccc2)C(F)(F)F)s1. The van der Waals surface area contributed by atoms with E-state index in [-0.39, 0.29) is 11.4 Å². The molecule has 0 aliphatic rings. The van der Waals surface area contributed by atoms with Gasteiger partial charge in [-0.3, -0.25) is 0 Å². The average molecular weight is 467 g/mol. The quantitative estimate of drug-likeness (QED) is 0.315. The van der Waals surface area contributed by atoms with Crippen molar-refractivity contribution in [3.63, 3.8) is 0 Å². The van der Waals surface area contributed by atoms with Gasteiger partial charge in [-0.25, -0.2) is 4.79 Å². The topological polar surface area (TPSA) is 35.5 Å². The zero-order valence-corrected chi connectivity index (χ0v) is 18.2. The Morgan fingerprint density at radius 2 is 1.90 bits per heavy atom. The third-order valence-electron chi connectivity index (χ3n) is 4.08. The molecule has 1 aromatic carbocycles. The first kappa shape index (κ1) is 24.6. The lowest BCUT2D eigenvalue weighted by Crippen LogP contribution is -2.52. The minimum Gasteiger partial charge on any atom is -0.453 e. The molecule has 1 aromatic heterocycles. The molecule has 2 rings (SSSR count). The summed E-state index contributed by atoms with van der Waals surface area (Å²) in [7, 11) is 0.811. The number of carbonyl (C=O) groups is 1. The molecule has 0 saturated heterocycles. The van der Waals surface area contributed by atoms with Crippen molar-refractivity contribution in [3.8, 4) is 23.7 Å². The van der Waals surface area contributed by atoms with E-state index < -0.39 is 23.9 Å². The van der Waals surface area contributed by atoms with Crippen LogP contribution in [0.15, 0.2) is 54.6 Å². The maximum Gasteiger partial charge on any atom is 0.432 e. The minimum atomic E-state index is -5.06. The second kappa shape index (κ2) is 11.1. The second-order valence-corrected chi connectivity index (χ2v) is 7.44. The number of alkyl halides is 4. The molecule has 0 saturated carbocycles. The zero-order valence-electron chi connectivity index (χ0n) is 16.6. The van der Waals surface area contributed by atoms with Crippen LogP contribution in [0, 0.1) is 23.7 Å². The lowest BCUT2D eigenvalue weighted by atomic mass is 9.92. The summed E-state index contributed by atoms with van der Waals surface area (Å²) in [5.41, 5.74) is -3.67. The van der Waals surface area contributed by atoms with Crippen molar-refractivity contribution in [2.45, 2.75) is 24.8 Å². The first-order chi connectivity index (χ1) is 14.8. The van der Waals surface area contributed by atoms with Gasteiger partial charge in [0, 0.05) is 17.6 Å². The molecule has 0 amide bonds. The van der Waals surface area contributed by atoms with Crippen LogP contribution < -0.4 is 0 Å². The number of rotatable bonds is 6. The van der Waals surface area contributed by atoms with Gasteiger partial charge in [0.1, 0.15) is 6.10 Å². The molecule has 0 N–H and O–H groups in total. The fraction of sp³-hybridized carbons (Fsp3) is 0.261. The molecule has 1 heterocycles. The molecule has 8 heteroatoms. The summed E-state index contributed by atoms with van der Waals surface area (Å²) in [6, 6.07) is 9.85. The Labute approximate surface area is 187 Å². The van der Waals surface area contributed by atoms with E-state index in [0.29, 0.717) is 9.75 Å². The van der Waals surface area contributed by atoms with Crippen molar-refractivity contribution in [2.75, 3.05) is 13.0 Å². The van der Waals surface area contributed by atoms with Crippen molar-refractivity contribution in [1.82, 2.24) is 0 Å². The summed E-state index contributed by atoms with van der Waals surface area (Å²) in [5, 5.41) is 0. The fourth-order valence-electron chi connectivity index (χ4n) is 2.61. The number of carbonyl (C=O) groups excluding carboxylic acids is 1. The van der Waals surface area contributed by atoms with Gasteiger partial charge in [0.25, 0.3) is 5.60 Å². The summed E-state index contributed by atoms with van der Waals surface area (Å²) >= 11 is 7.06. The predicted octanol–water partition coefficient (Wildman–Crippen LogP) is 5.61. The smallest absolute Gasteiger partial charge is 0.432 e. The number of esters is 1. The Hall–Kier alpha value is -2.71. The highest BCUT2D eigenvalue weighted by Gasteiger charge is 2.64. The second-order valence-electron chi connectivity index (χ2n) is 6.02. The Morgan fingerprint density at radius 3 is 2.48 bits per heavy atom. The fourth-order valence-corrected chi connectivity index (χ4v) is 3.82. The summed E-state index contributed by atoms with van der Waals surface area (Å²) in [6.45, 7) is 1.83. The van der Waals surface area contributed by atoms with E-state index in [4.69, 9.17) is 21.1 Å². The highest BCUT2D eigenvalue weighted by molar-refractivity contribution is 7.12. The standard InChI is InChI=1S/C23H18ClF3O3S/c1-3-4-5-6-10-13-18-14-15-20(31-18)19(16-24)30-21(28)22(29-2,23(25,26)27)17-11-8-7-9-12-17/h3-4,7-9,11-12,14-15,19H,16H2,1-2H3/b4-3+/t19?,22-/m1/s1. The van der Waals surface area contributed by atoms with Crippen molar-refractivity contribution in [3.05, 3.63) is 69.9 Å². The van der Waals surface area contributed by atoms with Crippen molar-refractivity contribution >= 4 is 28.9 Å². The Balaban J connectivity index is 2.32. The lowest BCUT2D eigenvalue weighted by molar-refractivity contribution is -0.278. The van der Waals surface area contributed by atoms with Gasteiger partial charge in [0.15, 0.2) is 0 Å². The molecule has 3 nitrogen and oxygen atoms in total. The molecule has 2 atom stereocenters. The third kappa shape index (κ3) is 5.71. The van der Waals surface area contributed by atoms with Crippen LogP contribution in [-0.4, -0.2) is 25.1 Å². The molecule has 0 bridgehead atoms. The van der Waals surface area contributed by atoms with E-state index in [2.05, 4.69) is 23.7 Å². The van der Waals surface area contributed by atoms with Crippen molar-refractivity contribution in [2.24, 2.45) is 0 Å². The number of hydrogen-bond acceptors (Lipinski definition) is 4. The molecule has 0 fully saturated rings. The van der Waals surface area contributed by atoms with Crippen LogP contribution in [0.3, 0.4) is 0 Å². The third-order valence-corrected chi connectivity index (χ3v) is 5.45. The first-order valence-electron chi connectivity index (χ1n) is 8.97. The molecule has 31 heavy (non-hydrogen) atoms. The summed E-state index contributed by atoms with van der Waals surface area (Å²) in [6.07, 6.45) is -2.75. The van der Waals surface area contributed by atoms with Gasteiger partial charge in [-0.05, 0) is 42.9 Å². The lowest BCUT2D eigenvalue weighted by Gasteiger charge is -2.33. The molecule has 0 aliphatic carbocycles. The van der Waals surface area contributed by atoms with E-state index in [1.165, 1.54) is 18.2 Å². The van der Waals surface area contributed by atoms with E-state index in [0.717, 1.165) is 30.6 Å². The number of thiophene rings is 1. The van der Waals surface area contributed by atoms with Crippen LogP contribution in [0.2, 0.25) is 0 Å². The van der Waals surface area contributed by atoms with Crippen LogP contribution >= 0.6 is 22.9 Å². The van der Waals surface area contributed by atoms with Gasteiger partial charge < -0.3 is 9.47 Å². The van der Waals surface area contributed by atoms with Gasteiger partial charge in [-0.2, -0.15) is 13.2 Å². The molecular formula is C23H18ClF3O3S. The number of benzene rings is 1. The number of methoxy groups -OCH3 is 1. The summed E-state index contributed by atoms with van der Waals surface area (Å²) < 4.78 is 52.0. The minimum absolute atomic E-state index is 0.243. The maximum atomic E-state index is 14.0. The monoisotopic (exact) mass is 466 g/mol. The molecule has 1 unspecified atom stereocenters. The molecular weight excluding hydrogens is 449 g/mol. The van der Waals surface area contributed by atoms with Crippen LogP contribution in [0.4, 0.5) is 13.2 Å². The van der Waals surface area contributed by atoms with E-state index in [1.54, 1.807) is 24.3 Å². The van der Waals surface area contributed by atoms with Gasteiger partial charge in [-0.1, -0.05) is 42.3 Å². The predicted molar refractivity (Wildman–Crippen MR) is 115 cm³/mol. The van der Waals surface area contributed by atoms with Crippen LogP contribution in [0.1, 0.15) is 28.3 Å². The van der Waals surface area contributed by atoms with Crippen LogP contribution in [0.5, 0.6) is 0 Å². The number of hydrogen-bond donors (Lipinski definition) is 0. The normalized spacial score (nSPS) is 14.0. The van der Waals surface area contributed by atoms with E-state index >= 15 is 0 Å². The maximum absolute atomic E-state index is 14.0. The molecule has 0 spiro atoms. The molecule has 0 aliphatic heterocycles. The Bertz CT molecular complexity index is 1040. The number of allylic oxidation sites excluding steroid dienone is 2. The zero-order chi connectivity index (χ0) is 22.9. The molecule has 2 aromatic rings. The van der Waals surface area contributed by atoms with Crippen molar-refractivity contribution < 1.29 is 27.4 Å². The Kier molecular flexibility index (Phi) is 8.76. The van der Waals surface area contributed by atoms with Gasteiger partial charge >= 0.3 is 12.1 Å². The number of ether oxygens (including phenoxy) is 2. The highest BCUT2D eigenvalue weighted by atomic mass is 35.5. The van der Waals surface area contributed by atoms with Gasteiger partial charge in [-0.15, -0.1) is 22.9 Å². The van der Waals surface area contributed by atoms with E-state index in [9.17, 15) is 18.0 Å². The average Bonchev–Trinajstić information content (AvgIpc) is 3.21. The summed E-state index contributed by atoms with van der Waals surface area (Å²) in [5.74, 6) is 8.99. The Morgan fingerprint density at radius 1 is 1.19 bits per heavy atom. The largest absolute Gasteiger partial charge is 0.453 e. The van der Waals surface area contributed by atoms with E-state index in [1.807, 2.05) is 6.92 Å². The highest BCUT2D eigenvalue weighted by Crippen LogP contribution is 2.44. The van der Waals surface area contributed by atoms with Crippen LogP contribution in [0.25, 0.3) is 0 Å². The molecule has 162 valence electrons.